The van der Waals surface area contributed by atoms with Crippen LogP contribution in [0.2, 0.25) is 5.15 Å². The van der Waals surface area contributed by atoms with E-state index >= 15 is 0 Å². The Bertz CT molecular complexity index is 251. The summed E-state index contributed by atoms with van der Waals surface area (Å²) >= 11 is 5.60. The lowest BCUT2D eigenvalue weighted by atomic mass is 10.3. The smallest absolute Gasteiger partial charge is 0.147 e. The SMILES string of the molecule is CCCCCOCc1cnc(Cl)cn1. The average Bonchev–Trinajstić information content (AvgIpc) is 2.21. The summed E-state index contributed by atoms with van der Waals surface area (Å²) in [6, 6.07) is 0. The van der Waals surface area contributed by atoms with Crippen LogP contribution in [0.3, 0.4) is 0 Å². The van der Waals surface area contributed by atoms with E-state index in [4.69, 9.17) is 16.3 Å². The summed E-state index contributed by atoms with van der Waals surface area (Å²) in [7, 11) is 0. The molecule has 0 radical (unpaired) electrons. The van der Waals surface area contributed by atoms with Gasteiger partial charge in [0.2, 0.25) is 0 Å². The van der Waals surface area contributed by atoms with Crippen LogP contribution in [-0.4, -0.2) is 16.6 Å². The first-order chi connectivity index (χ1) is 6.83. The predicted molar refractivity (Wildman–Crippen MR) is 56.2 cm³/mol. The van der Waals surface area contributed by atoms with Crippen LogP contribution >= 0.6 is 11.6 Å². The van der Waals surface area contributed by atoms with Gasteiger partial charge in [0.25, 0.3) is 0 Å². The van der Waals surface area contributed by atoms with Gasteiger partial charge in [0.05, 0.1) is 24.7 Å². The lowest BCUT2D eigenvalue weighted by molar-refractivity contribution is 0.114. The van der Waals surface area contributed by atoms with E-state index in [1.807, 2.05) is 0 Å². The molecule has 3 nitrogen and oxygen atoms in total. The third-order valence-electron chi connectivity index (χ3n) is 1.82. The molecule has 0 amide bonds. The molecule has 0 aliphatic heterocycles. The minimum Gasteiger partial charge on any atom is -0.375 e. The van der Waals surface area contributed by atoms with Gasteiger partial charge >= 0.3 is 0 Å². The molecular weight excluding hydrogens is 200 g/mol. The highest BCUT2D eigenvalue weighted by atomic mass is 35.5. The maximum atomic E-state index is 5.60. The van der Waals surface area contributed by atoms with Crippen LogP contribution in [0.25, 0.3) is 0 Å². The van der Waals surface area contributed by atoms with Crippen molar-refractivity contribution < 1.29 is 4.74 Å². The van der Waals surface area contributed by atoms with Crippen molar-refractivity contribution in [2.75, 3.05) is 6.61 Å². The van der Waals surface area contributed by atoms with E-state index < -0.39 is 0 Å². The number of ether oxygens (including phenoxy) is 1. The molecule has 0 atom stereocenters. The molecule has 0 spiro atoms. The summed E-state index contributed by atoms with van der Waals surface area (Å²) in [4.78, 5) is 7.99. The number of rotatable bonds is 6. The van der Waals surface area contributed by atoms with Crippen molar-refractivity contribution in [2.24, 2.45) is 0 Å². The molecule has 0 bridgehead atoms. The summed E-state index contributed by atoms with van der Waals surface area (Å²) in [6.07, 6.45) is 6.71. The quantitative estimate of drug-likeness (QED) is 0.683. The van der Waals surface area contributed by atoms with Crippen LogP contribution in [0, 0.1) is 0 Å². The van der Waals surface area contributed by atoms with Gasteiger partial charge in [-0.05, 0) is 6.42 Å². The third kappa shape index (κ3) is 4.53. The fourth-order valence-corrected chi connectivity index (χ4v) is 1.14. The molecule has 1 aromatic heterocycles. The average molecular weight is 215 g/mol. The first-order valence-corrected chi connectivity index (χ1v) is 5.25. The highest BCUT2D eigenvalue weighted by molar-refractivity contribution is 6.29. The van der Waals surface area contributed by atoms with Gasteiger partial charge in [-0.25, -0.2) is 4.98 Å². The summed E-state index contributed by atoms with van der Waals surface area (Å²) in [5, 5.41) is 0.416. The minimum absolute atomic E-state index is 0.416. The Morgan fingerprint density at radius 2 is 2.14 bits per heavy atom. The van der Waals surface area contributed by atoms with Crippen molar-refractivity contribution in [1.82, 2.24) is 9.97 Å². The zero-order valence-electron chi connectivity index (χ0n) is 8.37. The molecule has 1 aromatic rings. The molecular formula is C10H15ClN2O. The van der Waals surface area contributed by atoms with Crippen LogP contribution in [-0.2, 0) is 11.3 Å². The second-order valence-electron chi connectivity index (χ2n) is 3.09. The van der Waals surface area contributed by atoms with E-state index in [0.717, 1.165) is 18.7 Å². The van der Waals surface area contributed by atoms with Gasteiger partial charge in [-0.1, -0.05) is 31.4 Å². The van der Waals surface area contributed by atoms with E-state index in [1.54, 1.807) is 6.20 Å². The molecule has 0 aromatic carbocycles. The fourth-order valence-electron chi connectivity index (χ4n) is 1.04. The van der Waals surface area contributed by atoms with Gasteiger partial charge in [-0.2, -0.15) is 0 Å². The zero-order valence-corrected chi connectivity index (χ0v) is 9.13. The number of nitrogens with zero attached hydrogens (tertiary/aromatic N) is 2. The highest BCUT2D eigenvalue weighted by Crippen LogP contribution is 2.03. The lowest BCUT2D eigenvalue weighted by Gasteiger charge is -2.02. The van der Waals surface area contributed by atoms with Gasteiger partial charge in [0.1, 0.15) is 5.15 Å². The van der Waals surface area contributed by atoms with Crippen LogP contribution in [0.15, 0.2) is 12.4 Å². The van der Waals surface area contributed by atoms with Gasteiger partial charge in [-0.3, -0.25) is 4.98 Å². The molecule has 4 heteroatoms. The Kier molecular flexibility index (Phi) is 5.49. The summed E-state index contributed by atoms with van der Waals surface area (Å²) < 4.78 is 5.42. The Morgan fingerprint density at radius 3 is 2.79 bits per heavy atom. The number of hydrogen-bond acceptors (Lipinski definition) is 3. The van der Waals surface area contributed by atoms with Crippen LogP contribution in [0.5, 0.6) is 0 Å². The normalized spacial score (nSPS) is 10.4. The fraction of sp³-hybridized carbons (Fsp3) is 0.600. The topological polar surface area (TPSA) is 35.0 Å². The molecule has 0 saturated carbocycles. The first-order valence-electron chi connectivity index (χ1n) is 4.87. The van der Waals surface area contributed by atoms with E-state index in [9.17, 15) is 0 Å². The molecule has 0 fully saturated rings. The van der Waals surface area contributed by atoms with E-state index in [0.29, 0.717) is 11.8 Å². The van der Waals surface area contributed by atoms with E-state index in [2.05, 4.69) is 16.9 Å². The summed E-state index contributed by atoms with van der Waals surface area (Å²) in [6.45, 7) is 3.48. The summed E-state index contributed by atoms with van der Waals surface area (Å²) in [5.74, 6) is 0. The molecule has 0 unspecified atom stereocenters. The van der Waals surface area contributed by atoms with Crippen LogP contribution in [0.1, 0.15) is 31.9 Å². The molecule has 14 heavy (non-hydrogen) atoms. The standard InChI is InChI=1S/C10H15ClN2O/c1-2-3-4-5-14-8-9-6-13-10(11)7-12-9/h6-7H,2-5,8H2,1H3. The van der Waals surface area contributed by atoms with Crippen molar-refractivity contribution in [1.29, 1.82) is 0 Å². The molecule has 0 aliphatic rings. The van der Waals surface area contributed by atoms with Gasteiger partial charge in [0.15, 0.2) is 0 Å². The largest absolute Gasteiger partial charge is 0.375 e. The van der Waals surface area contributed by atoms with Gasteiger partial charge in [0, 0.05) is 6.61 Å². The van der Waals surface area contributed by atoms with Crippen molar-refractivity contribution in [3.8, 4) is 0 Å². The predicted octanol–water partition coefficient (Wildman–Crippen LogP) is 2.84. The number of unbranched alkanes of at least 4 members (excludes halogenated alkanes) is 2. The molecule has 0 saturated heterocycles. The molecule has 78 valence electrons. The lowest BCUT2D eigenvalue weighted by Crippen LogP contribution is -1.98. The van der Waals surface area contributed by atoms with E-state index in [1.165, 1.54) is 19.0 Å². The maximum Gasteiger partial charge on any atom is 0.147 e. The van der Waals surface area contributed by atoms with Gasteiger partial charge in [-0.15, -0.1) is 0 Å². The van der Waals surface area contributed by atoms with Crippen molar-refractivity contribution in [3.63, 3.8) is 0 Å². The second-order valence-corrected chi connectivity index (χ2v) is 3.48. The van der Waals surface area contributed by atoms with Crippen molar-refractivity contribution >= 4 is 11.6 Å². The van der Waals surface area contributed by atoms with Crippen molar-refractivity contribution in [2.45, 2.75) is 32.8 Å². The number of halogens is 1. The Morgan fingerprint density at radius 1 is 1.29 bits per heavy atom. The monoisotopic (exact) mass is 214 g/mol. The first kappa shape index (κ1) is 11.4. The third-order valence-corrected chi connectivity index (χ3v) is 2.01. The molecule has 0 aliphatic carbocycles. The summed E-state index contributed by atoms with van der Waals surface area (Å²) in [5.41, 5.74) is 0.825. The molecule has 0 N–H and O–H groups in total. The number of aromatic nitrogens is 2. The highest BCUT2D eigenvalue weighted by Gasteiger charge is 1.95. The van der Waals surface area contributed by atoms with Gasteiger partial charge < -0.3 is 4.74 Å². The Labute approximate surface area is 89.5 Å². The minimum atomic E-state index is 0.416. The van der Waals surface area contributed by atoms with Crippen LogP contribution in [0.4, 0.5) is 0 Å². The second kappa shape index (κ2) is 6.74. The molecule has 1 rings (SSSR count). The molecule has 1 heterocycles. The number of hydrogen-bond donors (Lipinski definition) is 0. The van der Waals surface area contributed by atoms with E-state index in [-0.39, 0.29) is 0 Å². The van der Waals surface area contributed by atoms with Crippen LogP contribution < -0.4 is 0 Å². The van der Waals surface area contributed by atoms with Crippen molar-refractivity contribution in [3.05, 3.63) is 23.2 Å². The zero-order chi connectivity index (χ0) is 10.2. The Balaban J connectivity index is 2.15. The maximum absolute atomic E-state index is 5.60. The Hall–Kier alpha value is -0.670.